The Morgan fingerprint density at radius 3 is 2.95 bits per heavy atom. The van der Waals surface area contributed by atoms with Crippen LogP contribution in [0.15, 0.2) is 36.8 Å². The van der Waals surface area contributed by atoms with Gasteiger partial charge in [-0.1, -0.05) is 12.2 Å². The van der Waals surface area contributed by atoms with Crippen molar-refractivity contribution in [2.45, 2.75) is 20.0 Å². The maximum atomic E-state index is 5.66. The van der Waals surface area contributed by atoms with Crippen LogP contribution in [-0.2, 0) is 13.1 Å². The molecule has 102 valence electrons. The van der Waals surface area contributed by atoms with Crippen LogP contribution in [0.1, 0.15) is 18.3 Å². The van der Waals surface area contributed by atoms with E-state index in [1.54, 1.807) is 6.33 Å². The highest BCUT2D eigenvalue weighted by Crippen LogP contribution is 2.18. The van der Waals surface area contributed by atoms with Crippen molar-refractivity contribution in [2.24, 2.45) is 5.73 Å². The zero-order valence-corrected chi connectivity index (χ0v) is 12.0. The molecule has 0 aliphatic heterocycles. The summed E-state index contributed by atoms with van der Waals surface area (Å²) < 4.78 is 4.05. The molecule has 0 aliphatic rings. The molecule has 5 nitrogen and oxygen atoms in total. The van der Waals surface area contributed by atoms with Gasteiger partial charge in [0.25, 0.3) is 0 Å². The van der Waals surface area contributed by atoms with Crippen molar-refractivity contribution >= 4 is 28.1 Å². The first-order chi connectivity index (χ1) is 9.69. The molecule has 20 heavy (non-hydrogen) atoms. The molecular formula is C14H15N5S. The first kappa shape index (κ1) is 12.8. The molecule has 0 saturated carbocycles. The molecule has 0 spiro atoms. The van der Waals surface area contributed by atoms with Crippen LogP contribution in [0, 0.1) is 0 Å². The number of rotatable bonds is 4. The molecule has 2 aromatic heterocycles. The van der Waals surface area contributed by atoms with Gasteiger partial charge in [-0.25, -0.2) is 9.67 Å². The van der Waals surface area contributed by atoms with Gasteiger partial charge in [-0.3, -0.25) is 0 Å². The van der Waals surface area contributed by atoms with Crippen LogP contribution in [-0.4, -0.2) is 24.3 Å². The van der Waals surface area contributed by atoms with Crippen LogP contribution in [0.3, 0.4) is 0 Å². The predicted molar refractivity (Wildman–Crippen MR) is 82.6 cm³/mol. The summed E-state index contributed by atoms with van der Waals surface area (Å²) in [5.74, 6) is 0.948. The van der Waals surface area contributed by atoms with Gasteiger partial charge < -0.3 is 10.3 Å². The maximum absolute atomic E-state index is 5.66. The summed E-state index contributed by atoms with van der Waals surface area (Å²) in [7, 11) is 0. The van der Waals surface area contributed by atoms with Crippen molar-refractivity contribution < 1.29 is 0 Å². The molecular weight excluding hydrogens is 270 g/mol. The number of aryl methyl sites for hydroxylation is 1. The van der Waals surface area contributed by atoms with Crippen LogP contribution in [0.4, 0.5) is 0 Å². The first-order valence-corrected chi connectivity index (χ1v) is 6.85. The molecule has 1 aromatic carbocycles. The topological polar surface area (TPSA) is 61.7 Å². The van der Waals surface area contributed by atoms with Gasteiger partial charge in [0.15, 0.2) is 0 Å². The second-order valence-electron chi connectivity index (χ2n) is 4.57. The highest BCUT2D eigenvalue weighted by atomic mass is 32.1. The Hall–Kier alpha value is -2.21. The third-order valence-electron chi connectivity index (χ3n) is 3.36. The molecule has 0 amide bonds. The van der Waals surface area contributed by atoms with E-state index < -0.39 is 0 Å². The fraction of sp³-hybridized carbons (Fsp3) is 0.214. The minimum Gasteiger partial charge on any atom is -0.389 e. The van der Waals surface area contributed by atoms with E-state index in [1.807, 2.05) is 29.1 Å². The van der Waals surface area contributed by atoms with E-state index in [0.717, 1.165) is 28.8 Å². The van der Waals surface area contributed by atoms with Gasteiger partial charge in [0.1, 0.15) is 17.1 Å². The Kier molecular flexibility index (Phi) is 3.23. The summed E-state index contributed by atoms with van der Waals surface area (Å²) in [6.07, 6.45) is 3.64. The monoisotopic (exact) mass is 285 g/mol. The lowest BCUT2D eigenvalue weighted by atomic mass is 10.1. The van der Waals surface area contributed by atoms with Crippen LogP contribution < -0.4 is 5.73 Å². The SMILES string of the molecule is CCn1ncnc1Cn1ccc2cc(C(N)=S)ccc21. The molecule has 0 saturated heterocycles. The fourth-order valence-electron chi connectivity index (χ4n) is 2.32. The normalized spacial score (nSPS) is 11.1. The van der Waals surface area contributed by atoms with Crippen molar-refractivity contribution in [3.05, 3.63) is 48.2 Å². The molecule has 3 aromatic rings. The molecule has 2 N–H and O–H groups in total. The highest BCUT2D eigenvalue weighted by Gasteiger charge is 2.07. The molecule has 0 atom stereocenters. The van der Waals surface area contributed by atoms with Gasteiger partial charge in [-0.05, 0) is 31.2 Å². The lowest BCUT2D eigenvalue weighted by Gasteiger charge is -2.07. The number of hydrogen-bond acceptors (Lipinski definition) is 3. The van der Waals surface area contributed by atoms with Crippen molar-refractivity contribution in [2.75, 3.05) is 0 Å². The fourth-order valence-corrected chi connectivity index (χ4v) is 2.45. The second kappa shape index (κ2) is 5.05. The van der Waals surface area contributed by atoms with Crippen molar-refractivity contribution in [1.82, 2.24) is 19.3 Å². The average molecular weight is 285 g/mol. The zero-order chi connectivity index (χ0) is 14.1. The number of benzene rings is 1. The number of aromatic nitrogens is 4. The minimum atomic E-state index is 0.422. The van der Waals surface area contributed by atoms with Crippen LogP contribution >= 0.6 is 12.2 Å². The molecule has 0 radical (unpaired) electrons. The Bertz CT molecular complexity index is 771. The number of thiocarbonyl (C=S) groups is 1. The van der Waals surface area contributed by atoms with Crippen LogP contribution in [0.5, 0.6) is 0 Å². The summed E-state index contributed by atoms with van der Waals surface area (Å²) >= 11 is 5.01. The predicted octanol–water partition coefficient (Wildman–Crippen LogP) is 1.94. The van der Waals surface area contributed by atoms with Crippen molar-refractivity contribution in [3.63, 3.8) is 0 Å². The number of fused-ring (bicyclic) bond motifs is 1. The first-order valence-electron chi connectivity index (χ1n) is 6.44. The van der Waals surface area contributed by atoms with Crippen LogP contribution in [0.2, 0.25) is 0 Å². The summed E-state index contributed by atoms with van der Waals surface area (Å²) in [6.45, 7) is 3.57. The molecule has 6 heteroatoms. The molecule has 0 unspecified atom stereocenters. The van der Waals surface area contributed by atoms with E-state index in [-0.39, 0.29) is 0 Å². The Morgan fingerprint density at radius 2 is 2.20 bits per heavy atom. The van der Waals surface area contributed by atoms with Gasteiger partial charge in [0.05, 0.1) is 6.54 Å². The average Bonchev–Trinajstić information content (AvgIpc) is 3.05. The summed E-state index contributed by atoms with van der Waals surface area (Å²) in [5, 5.41) is 5.31. The quantitative estimate of drug-likeness (QED) is 0.744. The summed E-state index contributed by atoms with van der Waals surface area (Å²) in [6, 6.07) is 8.06. The van der Waals surface area contributed by atoms with Crippen LogP contribution in [0.25, 0.3) is 10.9 Å². The van der Waals surface area contributed by atoms with Gasteiger partial charge >= 0.3 is 0 Å². The smallest absolute Gasteiger partial charge is 0.146 e. The minimum absolute atomic E-state index is 0.422. The Morgan fingerprint density at radius 1 is 1.35 bits per heavy atom. The number of hydrogen-bond donors (Lipinski definition) is 1. The lowest BCUT2D eigenvalue weighted by molar-refractivity contribution is 0.597. The third-order valence-corrected chi connectivity index (χ3v) is 3.60. The number of nitrogens with two attached hydrogens (primary N) is 1. The van der Waals surface area contributed by atoms with E-state index in [0.29, 0.717) is 11.5 Å². The standard InChI is InChI=1S/C14H15N5S/c1-2-19-13(16-9-17-19)8-18-6-5-10-7-11(14(15)20)3-4-12(10)18/h3-7,9H,2,8H2,1H3,(H2,15,20). The van der Waals surface area contributed by atoms with Crippen molar-refractivity contribution in [1.29, 1.82) is 0 Å². The molecule has 0 aliphatic carbocycles. The Labute approximate surface area is 122 Å². The van der Waals surface area contributed by atoms with Gasteiger partial charge in [-0.2, -0.15) is 5.10 Å². The maximum Gasteiger partial charge on any atom is 0.146 e. The Balaban J connectivity index is 1.99. The van der Waals surface area contributed by atoms with Gasteiger partial charge in [0, 0.05) is 29.2 Å². The van der Waals surface area contributed by atoms with Crippen molar-refractivity contribution in [3.8, 4) is 0 Å². The van der Waals surface area contributed by atoms with E-state index >= 15 is 0 Å². The molecule has 0 fully saturated rings. The highest BCUT2D eigenvalue weighted by molar-refractivity contribution is 7.80. The van der Waals surface area contributed by atoms with E-state index in [4.69, 9.17) is 18.0 Å². The largest absolute Gasteiger partial charge is 0.389 e. The molecule has 0 bridgehead atoms. The van der Waals surface area contributed by atoms with E-state index in [2.05, 4.69) is 27.6 Å². The lowest BCUT2D eigenvalue weighted by Crippen LogP contribution is -2.09. The summed E-state index contributed by atoms with van der Waals surface area (Å²) in [5.41, 5.74) is 7.69. The molecule has 3 rings (SSSR count). The zero-order valence-electron chi connectivity index (χ0n) is 11.2. The second-order valence-corrected chi connectivity index (χ2v) is 5.01. The van der Waals surface area contributed by atoms with E-state index in [9.17, 15) is 0 Å². The number of nitrogens with zero attached hydrogens (tertiary/aromatic N) is 4. The van der Waals surface area contributed by atoms with E-state index in [1.165, 1.54) is 0 Å². The van der Waals surface area contributed by atoms with Gasteiger partial charge in [0.2, 0.25) is 0 Å². The van der Waals surface area contributed by atoms with Gasteiger partial charge in [-0.15, -0.1) is 0 Å². The summed E-state index contributed by atoms with van der Waals surface area (Å²) in [4.78, 5) is 4.73. The third kappa shape index (κ3) is 2.18. The molecule has 2 heterocycles.